The molecule has 1 heterocycles. The molecule has 5 heteroatoms. The van der Waals surface area contributed by atoms with E-state index in [0.717, 1.165) is 22.8 Å². The Labute approximate surface area is 131 Å². The highest BCUT2D eigenvalue weighted by Gasteiger charge is 2.39. The summed E-state index contributed by atoms with van der Waals surface area (Å²) in [4.78, 5) is 14.4. The second kappa shape index (κ2) is 7.18. The summed E-state index contributed by atoms with van der Waals surface area (Å²) in [5, 5.41) is 3.39. The molecule has 4 nitrogen and oxygen atoms in total. The van der Waals surface area contributed by atoms with Crippen molar-refractivity contribution in [1.29, 1.82) is 0 Å². The van der Waals surface area contributed by atoms with Gasteiger partial charge in [-0.05, 0) is 37.3 Å². The van der Waals surface area contributed by atoms with Crippen LogP contribution in [0.2, 0.25) is 0 Å². The van der Waals surface area contributed by atoms with Crippen molar-refractivity contribution in [3.8, 4) is 5.75 Å². The Morgan fingerprint density at radius 1 is 1.38 bits per heavy atom. The van der Waals surface area contributed by atoms with Crippen molar-refractivity contribution < 1.29 is 9.53 Å². The Kier molecular flexibility index (Phi) is 5.53. The lowest BCUT2D eigenvalue weighted by atomic mass is 10.1. The van der Waals surface area contributed by atoms with E-state index in [1.807, 2.05) is 47.9 Å². The molecule has 0 aromatic heterocycles. The van der Waals surface area contributed by atoms with Crippen LogP contribution in [0.25, 0.3) is 0 Å². The van der Waals surface area contributed by atoms with Crippen molar-refractivity contribution in [3.05, 3.63) is 29.8 Å². The number of methoxy groups -OCH3 is 1. The van der Waals surface area contributed by atoms with Gasteiger partial charge in [0.15, 0.2) is 0 Å². The molecule has 1 aromatic carbocycles. The van der Waals surface area contributed by atoms with E-state index >= 15 is 0 Å². The molecule has 1 aromatic rings. The highest BCUT2D eigenvalue weighted by molar-refractivity contribution is 7.99. The van der Waals surface area contributed by atoms with Crippen LogP contribution in [0.15, 0.2) is 24.3 Å². The predicted molar refractivity (Wildman–Crippen MR) is 87.6 cm³/mol. The van der Waals surface area contributed by atoms with Crippen LogP contribution < -0.4 is 10.1 Å². The number of carbonyl (C=O) groups excluding carboxylic acids is 1. The summed E-state index contributed by atoms with van der Waals surface area (Å²) in [6, 6.07) is 8.00. The van der Waals surface area contributed by atoms with Crippen LogP contribution in [-0.2, 0) is 4.79 Å². The molecule has 0 bridgehead atoms. The Hall–Kier alpha value is -1.20. The van der Waals surface area contributed by atoms with Gasteiger partial charge >= 0.3 is 0 Å². The molecule has 3 atom stereocenters. The molecule has 116 valence electrons. The third-order valence-electron chi connectivity index (χ3n) is 3.78. The zero-order valence-electron chi connectivity index (χ0n) is 13.1. The third kappa shape index (κ3) is 3.52. The van der Waals surface area contributed by atoms with Gasteiger partial charge in [0.1, 0.15) is 11.9 Å². The standard InChI is InChI=1S/C16H24N2O2S/c1-5-21-10-11(2)18-15(17-12(3)16(18)19)13-6-8-14(20-4)9-7-13/h6-9,11-12,15,17H,5,10H2,1-4H3. The topological polar surface area (TPSA) is 41.6 Å². The average Bonchev–Trinajstić information content (AvgIpc) is 2.80. The van der Waals surface area contributed by atoms with Gasteiger partial charge in [0.05, 0.1) is 13.2 Å². The molecule has 0 radical (unpaired) electrons. The van der Waals surface area contributed by atoms with Crippen molar-refractivity contribution in [1.82, 2.24) is 10.2 Å². The number of thioether (sulfide) groups is 1. The van der Waals surface area contributed by atoms with Gasteiger partial charge in [-0.15, -0.1) is 0 Å². The summed E-state index contributed by atoms with van der Waals surface area (Å²) in [6.45, 7) is 6.19. The minimum absolute atomic E-state index is 0.0501. The van der Waals surface area contributed by atoms with Crippen LogP contribution in [-0.4, -0.2) is 41.5 Å². The van der Waals surface area contributed by atoms with Crippen molar-refractivity contribution >= 4 is 17.7 Å². The molecule has 1 aliphatic heterocycles. The highest BCUT2D eigenvalue weighted by Crippen LogP contribution is 2.29. The van der Waals surface area contributed by atoms with Gasteiger partial charge in [0.2, 0.25) is 5.91 Å². The molecular weight excluding hydrogens is 284 g/mol. The average molecular weight is 308 g/mol. The molecular formula is C16H24N2O2S. The van der Waals surface area contributed by atoms with E-state index in [9.17, 15) is 4.79 Å². The summed E-state index contributed by atoms with van der Waals surface area (Å²) in [6.07, 6.45) is -0.0501. The quantitative estimate of drug-likeness (QED) is 0.877. The molecule has 2 rings (SSSR count). The van der Waals surface area contributed by atoms with Crippen molar-refractivity contribution in [2.75, 3.05) is 18.6 Å². The van der Waals surface area contributed by atoms with Crippen LogP contribution in [0.1, 0.15) is 32.5 Å². The number of hydrogen-bond acceptors (Lipinski definition) is 4. The van der Waals surface area contributed by atoms with Crippen molar-refractivity contribution in [3.63, 3.8) is 0 Å². The Morgan fingerprint density at radius 2 is 2.05 bits per heavy atom. The fraction of sp³-hybridized carbons (Fsp3) is 0.562. The van der Waals surface area contributed by atoms with Crippen LogP contribution in [0.3, 0.4) is 0 Å². The summed E-state index contributed by atoms with van der Waals surface area (Å²) in [5.41, 5.74) is 1.10. The monoisotopic (exact) mass is 308 g/mol. The number of carbonyl (C=O) groups is 1. The number of ether oxygens (including phenoxy) is 1. The maximum absolute atomic E-state index is 12.4. The summed E-state index contributed by atoms with van der Waals surface area (Å²) >= 11 is 1.87. The van der Waals surface area contributed by atoms with Crippen molar-refractivity contribution in [2.24, 2.45) is 0 Å². The molecule has 0 saturated carbocycles. The molecule has 1 saturated heterocycles. The third-order valence-corrected chi connectivity index (χ3v) is 4.91. The smallest absolute Gasteiger partial charge is 0.241 e. The second-order valence-electron chi connectivity index (χ2n) is 5.32. The predicted octanol–water partition coefficient (Wildman–Crippen LogP) is 2.66. The number of nitrogens with zero attached hydrogens (tertiary/aromatic N) is 1. The van der Waals surface area contributed by atoms with E-state index in [2.05, 4.69) is 19.2 Å². The van der Waals surface area contributed by atoms with Gasteiger partial charge in [-0.25, -0.2) is 0 Å². The molecule has 1 aliphatic rings. The molecule has 1 fully saturated rings. The first-order valence-electron chi connectivity index (χ1n) is 7.38. The van der Waals surface area contributed by atoms with Gasteiger partial charge < -0.3 is 9.64 Å². The van der Waals surface area contributed by atoms with Crippen LogP contribution in [0.4, 0.5) is 0 Å². The zero-order chi connectivity index (χ0) is 15.4. The number of rotatable bonds is 6. The number of benzene rings is 1. The highest BCUT2D eigenvalue weighted by atomic mass is 32.2. The lowest BCUT2D eigenvalue weighted by Crippen LogP contribution is -2.39. The van der Waals surface area contributed by atoms with Crippen LogP contribution in [0.5, 0.6) is 5.75 Å². The Bertz CT molecular complexity index is 478. The van der Waals surface area contributed by atoms with E-state index in [1.54, 1.807) is 7.11 Å². The SMILES string of the molecule is CCSCC(C)N1C(=O)C(C)NC1c1ccc(OC)cc1. The summed E-state index contributed by atoms with van der Waals surface area (Å²) in [7, 11) is 1.66. The molecule has 21 heavy (non-hydrogen) atoms. The minimum Gasteiger partial charge on any atom is -0.497 e. The number of amides is 1. The van der Waals surface area contributed by atoms with E-state index in [4.69, 9.17) is 4.74 Å². The Morgan fingerprint density at radius 3 is 2.62 bits per heavy atom. The largest absolute Gasteiger partial charge is 0.497 e. The summed E-state index contributed by atoms with van der Waals surface area (Å²) < 4.78 is 5.20. The molecule has 0 aliphatic carbocycles. The second-order valence-corrected chi connectivity index (χ2v) is 6.64. The first-order chi connectivity index (χ1) is 10.1. The van der Waals surface area contributed by atoms with Gasteiger partial charge in [0, 0.05) is 11.8 Å². The van der Waals surface area contributed by atoms with E-state index < -0.39 is 0 Å². The lowest BCUT2D eigenvalue weighted by Gasteiger charge is -2.30. The number of hydrogen-bond donors (Lipinski definition) is 1. The molecule has 3 unspecified atom stereocenters. The fourth-order valence-corrected chi connectivity index (χ4v) is 3.36. The fourth-order valence-electron chi connectivity index (χ4n) is 2.62. The lowest BCUT2D eigenvalue weighted by molar-refractivity contribution is -0.131. The molecule has 0 spiro atoms. The summed E-state index contributed by atoms with van der Waals surface area (Å²) in [5.74, 6) is 3.04. The first-order valence-corrected chi connectivity index (χ1v) is 8.53. The molecule has 1 N–H and O–H groups in total. The zero-order valence-corrected chi connectivity index (χ0v) is 13.9. The Balaban J connectivity index is 2.20. The first kappa shape index (κ1) is 16.2. The minimum atomic E-state index is -0.133. The van der Waals surface area contributed by atoms with E-state index in [1.165, 1.54) is 0 Å². The van der Waals surface area contributed by atoms with Gasteiger partial charge in [-0.2, -0.15) is 11.8 Å². The van der Waals surface area contributed by atoms with E-state index in [0.29, 0.717) is 0 Å². The van der Waals surface area contributed by atoms with Gasteiger partial charge in [-0.1, -0.05) is 19.1 Å². The van der Waals surface area contributed by atoms with Crippen LogP contribution in [0, 0.1) is 0 Å². The van der Waals surface area contributed by atoms with E-state index in [-0.39, 0.29) is 24.2 Å². The number of nitrogens with one attached hydrogen (secondary N) is 1. The van der Waals surface area contributed by atoms with Crippen LogP contribution >= 0.6 is 11.8 Å². The maximum Gasteiger partial charge on any atom is 0.241 e. The normalized spacial score (nSPS) is 23.4. The van der Waals surface area contributed by atoms with Crippen molar-refractivity contribution in [2.45, 2.75) is 39.0 Å². The van der Waals surface area contributed by atoms with Gasteiger partial charge in [-0.3, -0.25) is 10.1 Å². The van der Waals surface area contributed by atoms with Gasteiger partial charge in [0.25, 0.3) is 0 Å². The molecule has 1 amide bonds. The maximum atomic E-state index is 12.4.